The average Bonchev–Trinajstić information content (AvgIpc) is 3.10. The minimum atomic E-state index is -4.51. The molecule has 1 aliphatic carbocycles. The van der Waals surface area contributed by atoms with Crippen LogP contribution >= 0.6 is 0 Å². The smallest absolute Gasteiger partial charge is 0.416 e. The average molecular weight is 258 g/mol. The van der Waals surface area contributed by atoms with E-state index in [1.165, 1.54) is 6.07 Å². The van der Waals surface area contributed by atoms with Gasteiger partial charge in [-0.25, -0.2) is 4.79 Å². The third kappa shape index (κ3) is 2.66. The van der Waals surface area contributed by atoms with E-state index in [1.807, 2.05) is 6.92 Å². The maximum atomic E-state index is 12.7. The van der Waals surface area contributed by atoms with Gasteiger partial charge < -0.3 is 5.11 Å². The van der Waals surface area contributed by atoms with Gasteiger partial charge in [0.05, 0.1) is 11.1 Å². The zero-order valence-electron chi connectivity index (χ0n) is 9.79. The summed E-state index contributed by atoms with van der Waals surface area (Å²) in [7, 11) is 0. The quantitative estimate of drug-likeness (QED) is 0.892. The zero-order valence-corrected chi connectivity index (χ0v) is 9.79. The summed E-state index contributed by atoms with van der Waals surface area (Å²) in [6, 6.07) is 3.10. The SMILES string of the molecule is CC(c1cc(C(=O)O)cc(C(F)(F)F)c1)C1CC1. The topological polar surface area (TPSA) is 37.3 Å². The number of aromatic carboxylic acids is 1. The predicted octanol–water partition coefficient (Wildman–Crippen LogP) is 3.92. The number of carboxylic acid groups (broad SMARTS) is 1. The van der Waals surface area contributed by atoms with Gasteiger partial charge in [0.25, 0.3) is 0 Å². The van der Waals surface area contributed by atoms with Crippen molar-refractivity contribution in [1.82, 2.24) is 0 Å². The molecule has 1 aromatic rings. The molecule has 1 unspecified atom stereocenters. The van der Waals surface area contributed by atoms with Crippen LogP contribution in [0.1, 0.15) is 47.2 Å². The maximum absolute atomic E-state index is 12.7. The molecule has 1 fully saturated rings. The molecule has 5 heteroatoms. The van der Waals surface area contributed by atoms with Gasteiger partial charge in [-0.3, -0.25) is 0 Å². The van der Waals surface area contributed by atoms with Gasteiger partial charge in [-0.05, 0) is 48.4 Å². The normalized spacial score (nSPS) is 17.6. The van der Waals surface area contributed by atoms with Crippen LogP contribution in [0, 0.1) is 5.92 Å². The molecule has 18 heavy (non-hydrogen) atoms. The summed E-state index contributed by atoms with van der Waals surface area (Å²) in [5, 5.41) is 8.87. The Morgan fingerprint density at radius 2 is 1.94 bits per heavy atom. The minimum Gasteiger partial charge on any atom is -0.478 e. The number of hydrogen-bond acceptors (Lipinski definition) is 1. The van der Waals surface area contributed by atoms with Crippen molar-refractivity contribution in [3.8, 4) is 0 Å². The molecule has 1 aliphatic rings. The number of halogens is 3. The molecule has 0 aliphatic heterocycles. The van der Waals surface area contributed by atoms with Gasteiger partial charge in [-0.2, -0.15) is 13.2 Å². The van der Waals surface area contributed by atoms with E-state index in [4.69, 9.17) is 5.11 Å². The monoisotopic (exact) mass is 258 g/mol. The number of rotatable bonds is 3. The summed E-state index contributed by atoms with van der Waals surface area (Å²) >= 11 is 0. The molecule has 2 nitrogen and oxygen atoms in total. The summed E-state index contributed by atoms with van der Waals surface area (Å²) in [6.07, 6.45) is -2.51. The first-order valence-corrected chi connectivity index (χ1v) is 5.74. The number of carboxylic acids is 1. The van der Waals surface area contributed by atoms with E-state index >= 15 is 0 Å². The van der Waals surface area contributed by atoms with Crippen LogP contribution in [0.4, 0.5) is 13.2 Å². The lowest BCUT2D eigenvalue weighted by Gasteiger charge is -2.15. The van der Waals surface area contributed by atoms with Crippen molar-refractivity contribution < 1.29 is 23.1 Å². The number of hydrogen-bond donors (Lipinski definition) is 1. The van der Waals surface area contributed by atoms with Crippen LogP contribution in [0.15, 0.2) is 18.2 Å². The van der Waals surface area contributed by atoms with Crippen molar-refractivity contribution in [2.24, 2.45) is 5.92 Å². The molecule has 1 atom stereocenters. The van der Waals surface area contributed by atoms with E-state index in [9.17, 15) is 18.0 Å². The van der Waals surface area contributed by atoms with E-state index < -0.39 is 17.7 Å². The van der Waals surface area contributed by atoms with Crippen molar-refractivity contribution in [3.63, 3.8) is 0 Å². The molecule has 98 valence electrons. The summed E-state index contributed by atoms with van der Waals surface area (Å²) in [6.45, 7) is 1.85. The highest BCUT2D eigenvalue weighted by atomic mass is 19.4. The van der Waals surface area contributed by atoms with Crippen molar-refractivity contribution in [3.05, 3.63) is 34.9 Å². The molecule has 0 spiro atoms. The first-order chi connectivity index (χ1) is 8.29. The summed E-state index contributed by atoms with van der Waals surface area (Å²) in [4.78, 5) is 10.9. The van der Waals surface area contributed by atoms with Crippen molar-refractivity contribution in [1.29, 1.82) is 0 Å². The highest BCUT2D eigenvalue weighted by molar-refractivity contribution is 5.88. The Hall–Kier alpha value is -1.52. The maximum Gasteiger partial charge on any atom is 0.416 e. The van der Waals surface area contributed by atoms with Gasteiger partial charge in [0.1, 0.15) is 0 Å². The minimum absolute atomic E-state index is 0.0228. The van der Waals surface area contributed by atoms with Gasteiger partial charge in [0.15, 0.2) is 0 Å². The third-order valence-electron chi connectivity index (χ3n) is 3.38. The molecule has 0 amide bonds. The third-order valence-corrected chi connectivity index (χ3v) is 3.38. The molecule has 0 radical (unpaired) electrons. The zero-order chi connectivity index (χ0) is 13.5. The molecular formula is C13H13F3O2. The van der Waals surface area contributed by atoms with Crippen LogP contribution in [0.2, 0.25) is 0 Å². The molecule has 0 saturated heterocycles. The molecule has 0 aromatic heterocycles. The highest BCUT2D eigenvalue weighted by Crippen LogP contribution is 2.43. The fraction of sp³-hybridized carbons (Fsp3) is 0.462. The molecule has 0 heterocycles. The lowest BCUT2D eigenvalue weighted by atomic mass is 9.92. The van der Waals surface area contributed by atoms with Crippen LogP contribution in [0.25, 0.3) is 0 Å². The fourth-order valence-electron chi connectivity index (χ4n) is 2.07. The lowest BCUT2D eigenvalue weighted by molar-refractivity contribution is -0.137. The van der Waals surface area contributed by atoms with E-state index in [0.717, 1.165) is 18.9 Å². The first kappa shape index (κ1) is 12.9. The Balaban J connectivity index is 2.45. The Morgan fingerprint density at radius 3 is 2.39 bits per heavy atom. The van der Waals surface area contributed by atoms with Gasteiger partial charge in [0, 0.05) is 0 Å². The number of alkyl halides is 3. The van der Waals surface area contributed by atoms with Gasteiger partial charge in [0.2, 0.25) is 0 Å². The second kappa shape index (κ2) is 4.30. The summed E-state index contributed by atoms with van der Waals surface area (Å²) in [5.41, 5.74) is -0.720. The van der Waals surface area contributed by atoms with Crippen LogP contribution < -0.4 is 0 Å². The molecule has 1 N–H and O–H groups in total. The van der Waals surface area contributed by atoms with Crippen molar-refractivity contribution in [2.45, 2.75) is 31.9 Å². The molecule has 1 saturated carbocycles. The Kier molecular flexibility index (Phi) is 3.09. The molecule has 2 rings (SSSR count). The largest absolute Gasteiger partial charge is 0.478 e. The van der Waals surface area contributed by atoms with Gasteiger partial charge in [-0.15, -0.1) is 0 Å². The van der Waals surface area contributed by atoms with E-state index in [0.29, 0.717) is 17.5 Å². The number of carbonyl (C=O) groups is 1. The Bertz CT molecular complexity index is 476. The van der Waals surface area contributed by atoms with Crippen LogP contribution in [0.5, 0.6) is 0 Å². The lowest BCUT2D eigenvalue weighted by Crippen LogP contribution is -2.10. The second-order valence-corrected chi connectivity index (χ2v) is 4.77. The van der Waals surface area contributed by atoms with Crippen molar-refractivity contribution >= 4 is 5.97 Å². The fourth-order valence-corrected chi connectivity index (χ4v) is 2.07. The van der Waals surface area contributed by atoms with Crippen molar-refractivity contribution in [2.75, 3.05) is 0 Å². The number of benzene rings is 1. The van der Waals surface area contributed by atoms with Crippen LogP contribution in [-0.4, -0.2) is 11.1 Å². The highest BCUT2D eigenvalue weighted by Gasteiger charge is 2.34. The Morgan fingerprint density at radius 1 is 1.33 bits per heavy atom. The van der Waals surface area contributed by atoms with E-state index in [2.05, 4.69) is 0 Å². The summed E-state index contributed by atoms with van der Waals surface area (Å²) in [5.74, 6) is -0.967. The standard InChI is InChI=1S/C13H13F3O2/c1-7(8-2-3-8)9-4-10(12(17)18)6-11(5-9)13(14,15)16/h4-8H,2-3H2,1H3,(H,17,18). The molecule has 0 bridgehead atoms. The Labute approximate surface area is 102 Å². The first-order valence-electron chi connectivity index (χ1n) is 5.74. The van der Waals surface area contributed by atoms with Crippen LogP contribution in [-0.2, 0) is 6.18 Å². The summed E-state index contributed by atoms with van der Waals surface area (Å²) < 4.78 is 38.1. The van der Waals surface area contributed by atoms with Gasteiger partial charge >= 0.3 is 12.1 Å². The second-order valence-electron chi connectivity index (χ2n) is 4.77. The van der Waals surface area contributed by atoms with Crippen LogP contribution in [0.3, 0.4) is 0 Å². The van der Waals surface area contributed by atoms with Gasteiger partial charge in [-0.1, -0.05) is 6.92 Å². The van der Waals surface area contributed by atoms with E-state index in [-0.39, 0.29) is 11.5 Å². The molecule has 1 aromatic carbocycles. The predicted molar refractivity (Wildman–Crippen MR) is 59.5 cm³/mol. The van der Waals surface area contributed by atoms with E-state index in [1.54, 1.807) is 0 Å². The molecular weight excluding hydrogens is 245 g/mol.